The second-order valence-electron chi connectivity index (χ2n) is 4.31. The van der Waals surface area contributed by atoms with E-state index >= 15 is 0 Å². The van der Waals surface area contributed by atoms with E-state index in [0.717, 1.165) is 17.5 Å². The van der Waals surface area contributed by atoms with Crippen molar-refractivity contribution in [1.29, 1.82) is 0 Å². The summed E-state index contributed by atoms with van der Waals surface area (Å²) in [5.74, 6) is 0.217. The summed E-state index contributed by atoms with van der Waals surface area (Å²) in [6.07, 6.45) is 2.45. The lowest BCUT2D eigenvalue weighted by Gasteiger charge is -2.10. The Morgan fingerprint density at radius 1 is 1.28 bits per heavy atom. The van der Waals surface area contributed by atoms with E-state index in [0.29, 0.717) is 5.76 Å². The number of rotatable bonds is 4. The molecule has 1 aromatic heterocycles. The van der Waals surface area contributed by atoms with Gasteiger partial charge in [-0.2, -0.15) is 0 Å². The van der Waals surface area contributed by atoms with Gasteiger partial charge in [0.15, 0.2) is 5.76 Å². The molecule has 1 N–H and O–H groups in total. The molecule has 18 heavy (non-hydrogen) atoms. The van der Waals surface area contributed by atoms with Crippen molar-refractivity contribution < 1.29 is 9.21 Å². The predicted octanol–water partition coefficient (Wildman–Crippen LogP) is 3.47. The van der Waals surface area contributed by atoms with Gasteiger partial charge in [0.25, 0.3) is 5.91 Å². The van der Waals surface area contributed by atoms with Crippen LogP contribution in [0.4, 0.5) is 0 Å². The molecule has 2 rings (SSSR count). The standard InChI is InChI=1S/C15H17NO2/c1-3-11(2)16-15(17)14-13(9-10-18-14)12-7-5-4-6-8-12/h4-11H,3H2,1-2H3,(H,16,17). The third kappa shape index (κ3) is 2.62. The van der Waals surface area contributed by atoms with Crippen molar-refractivity contribution in [3.63, 3.8) is 0 Å². The summed E-state index contributed by atoms with van der Waals surface area (Å²) in [5.41, 5.74) is 1.82. The molecule has 2 aromatic rings. The number of carbonyl (C=O) groups is 1. The second kappa shape index (κ2) is 5.54. The van der Waals surface area contributed by atoms with Crippen molar-refractivity contribution in [2.24, 2.45) is 0 Å². The molecule has 1 unspecified atom stereocenters. The van der Waals surface area contributed by atoms with Crippen LogP contribution in [-0.2, 0) is 0 Å². The van der Waals surface area contributed by atoms with E-state index in [4.69, 9.17) is 4.42 Å². The molecule has 3 nitrogen and oxygen atoms in total. The van der Waals surface area contributed by atoms with Gasteiger partial charge in [0, 0.05) is 11.6 Å². The van der Waals surface area contributed by atoms with E-state index in [1.807, 2.05) is 50.2 Å². The minimum absolute atomic E-state index is 0.145. The Kier molecular flexibility index (Phi) is 3.82. The van der Waals surface area contributed by atoms with E-state index < -0.39 is 0 Å². The highest BCUT2D eigenvalue weighted by molar-refractivity contribution is 5.98. The monoisotopic (exact) mass is 243 g/mol. The molecule has 1 heterocycles. The van der Waals surface area contributed by atoms with Crippen LogP contribution < -0.4 is 5.32 Å². The van der Waals surface area contributed by atoms with Gasteiger partial charge < -0.3 is 9.73 Å². The van der Waals surface area contributed by atoms with Crippen LogP contribution in [0.1, 0.15) is 30.8 Å². The summed E-state index contributed by atoms with van der Waals surface area (Å²) in [6.45, 7) is 4.01. The third-order valence-corrected chi connectivity index (χ3v) is 2.95. The fourth-order valence-electron chi connectivity index (χ4n) is 1.72. The maximum atomic E-state index is 12.1. The Bertz CT molecular complexity index is 516. The zero-order valence-corrected chi connectivity index (χ0v) is 10.6. The van der Waals surface area contributed by atoms with Crippen LogP contribution in [0, 0.1) is 0 Å². The number of hydrogen-bond acceptors (Lipinski definition) is 2. The van der Waals surface area contributed by atoms with Crippen molar-refractivity contribution >= 4 is 5.91 Å². The zero-order chi connectivity index (χ0) is 13.0. The van der Waals surface area contributed by atoms with Gasteiger partial charge in [-0.05, 0) is 25.0 Å². The van der Waals surface area contributed by atoms with Gasteiger partial charge in [0.05, 0.1) is 6.26 Å². The second-order valence-corrected chi connectivity index (χ2v) is 4.31. The lowest BCUT2D eigenvalue weighted by molar-refractivity contribution is 0.0912. The van der Waals surface area contributed by atoms with E-state index in [1.165, 1.54) is 0 Å². The van der Waals surface area contributed by atoms with E-state index in [1.54, 1.807) is 6.26 Å². The van der Waals surface area contributed by atoms with Crippen LogP contribution in [-0.4, -0.2) is 11.9 Å². The number of amides is 1. The minimum atomic E-state index is -0.159. The number of hydrogen-bond donors (Lipinski definition) is 1. The molecule has 0 aliphatic carbocycles. The van der Waals surface area contributed by atoms with Crippen molar-refractivity contribution in [2.75, 3.05) is 0 Å². The normalized spacial score (nSPS) is 12.1. The smallest absolute Gasteiger partial charge is 0.287 e. The lowest BCUT2D eigenvalue weighted by Crippen LogP contribution is -2.31. The molecule has 0 spiro atoms. The first kappa shape index (κ1) is 12.4. The predicted molar refractivity (Wildman–Crippen MR) is 71.4 cm³/mol. The molecule has 1 amide bonds. The average Bonchev–Trinajstić information content (AvgIpc) is 2.88. The van der Waals surface area contributed by atoms with Crippen molar-refractivity contribution in [3.05, 3.63) is 48.4 Å². The van der Waals surface area contributed by atoms with Crippen LogP contribution in [0.5, 0.6) is 0 Å². The van der Waals surface area contributed by atoms with Gasteiger partial charge in [-0.1, -0.05) is 37.3 Å². The van der Waals surface area contributed by atoms with E-state index in [9.17, 15) is 4.79 Å². The first-order valence-corrected chi connectivity index (χ1v) is 6.16. The fourth-order valence-corrected chi connectivity index (χ4v) is 1.72. The van der Waals surface area contributed by atoms with Crippen LogP contribution in [0.2, 0.25) is 0 Å². The van der Waals surface area contributed by atoms with Gasteiger partial charge >= 0.3 is 0 Å². The molecule has 1 atom stereocenters. The first-order valence-electron chi connectivity index (χ1n) is 6.16. The first-order chi connectivity index (χ1) is 8.72. The van der Waals surface area contributed by atoms with Crippen LogP contribution in [0.15, 0.2) is 47.1 Å². The number of furan rings is 1. The summed E-state index contributed by atoms with van der Waals surface area (Å²) < 4.78 is 5.31. The summed E-state index contributed by atoms with van der Waals surface area (Å²) >= 11 is 0. The van der Waals surface area contributed by atoms with Crippen LogP contribution in [0.25, 0.3) is 11.1 Å². The molecule has 0 radical (unpaired) electrons. The molecular weight excluding hydrogens is 226 g/mol. The topological polar surface area (TPSA) is 42.2 Å². The van der Waals surface area contributed by atoms with Crippen molar-refractivity contribution in [1.82, 2.24) is 5.32 Å². The summed E-state index contributed by atoms with van der Waals surface area (Å²) in [4.78, 5) is 12.1. The fraction of sp³-hybridized carbons (Fsp3) is 0.267. The SMILES string of the molecule is CCC(C)NC(=O)c1occc1-c1ccccc1. The highest BCUT2D eigenvalue weighted by atomic mass is 16.3. The molecule has 0 saturated carbocycles. The molecule has 1 aromatic carbocycles. The van der Waals surface area contributed by atoms with Gasteiger partial charge in [0.2, 0.25) is 0 Å². The maximum absolute atomic E-state index is 12.1. The number of nitrogens with one attached hydrogen (secondary N) is 1. The highest BCUT2D eigenvalue weighted by Gasteiger charge is 2.17. The van der Waals surface area contributed by atoms with Gasteiger partial charge in [-0.15, -0.1) is 0 Å². The quantitative estimate of drug-likeness (QED) is 0.893. The molecule has 0 bridgehead atoms. The third-order valence-electron chi connectivity index (χ3n) is 2.95. The average molecular weight is 243 g/mol. The van der Waals surface area contributed by atoms with Crippen LogP contribution in [0.3, 0.4) is 0 Å². The molecule has 3 heteroatoms. The molecule has 0 saturated heterocycles. The molecular formula is C15H17NO2. The molecule has 0 fully saturated rings. The molecule has 94 valence electrons. The Hall–Kier alpha value is -2.03. The van der Waals surface area contributed by atoms with E-state index in [-0.39, 0.29) is 11.9 Å². The van der Waals surface area contributed by atoms with Gasteiger partial charge in [-0.25, -0.2) is 0 Å². The van der Waals surface area contributed by atoms with E-state index in [2.05, 4.69) is 5.32 Å². The Morgan fingerprint density at radius 3 is 2.67 bits per heavy atom. The molecule has 0 aliphatic heterocycles. The van der Waals surface area contributed by atoms with Crippen molar-refractivity contribution in [2.45, 2.75) is 26.3 Å². The van der Waals surface area contributed by atoms with Gasteiger partial charge in [0.1, 0.15) is 0 Å². The molecule has 0 aliphatic rings. The zero-order valence-electron chi connectivity index (χ0n) is 10.6. The largest absolute Gasteiger partial charge is 0.459 e. The summed E-state index contributed by atoms with van der Waals surface area (Å²) in [6, 6.07) is 11.7. The van der Waals surface area contributed by atoms with Crippen molar-refractivity contribution in [3.8, 4) is 11.1 Å². The summed E-state index contributed by atoms with van der Waals surface area (Å²) in [7, 11) is 0. The number of benzene rings is 1. The minimum Gasteiger partial charge on any atom is -0.459 e. The Morgan fingerprint density at radius 2 is 2.00 bits per heavy atom. The Balaban J connectivity index is 2.26. The number of carbonyl (C=O) groups excluding carboxylic acids is 1. The van der Waals surface area contributed by atoms with Gasteiger partial charge in [-0.3, -0.25) is 4.79 Å². The summed E-state index contributed by atoms with van der Waals surface area (Å²) in [5, 5.41) is 2.91. The van der Waals surface area contributed by atoms with Crippen LogP contribution >= 0.6 is 0 Å². The lowest BCUT2D eigenvalue weighted by atomic mass is 10.1. The highest BCUT2D eigenvalue weighted by Crippen LogP contribution is 2.24. The maximum Gasteiger partial charge on any atom is 0.287 e. The Labute approximate surface area is 107 Å².